The molecule has 0 aromatic rings. The highest BCUT2D eigenvalue weighted by Gasteiger charge is 2.54. The van der Waals surface area contributed by atoms with Crippen molar-refractivity contribution >= 4 is 0 Å². The molecule has 2 aliphatic heterocycles. The Labute approximate surface area is 214 Å². The number of likely N-dealkylation sites (tertiary alicyclic amines) is 1. The lowest BCUT2D eigenvalue weighted by Gasteiger charge is -2.45. The van der Waals surface area contributed by atoms with Gasteiger partial charge in [-0.3, -0.25) is 10.2 Å². The second-order valence-corrected chi connectivity index (χ2v) is 13.4. The van der Waals surface area contributed by atoms with E-state index in [0.717, 1.165) is 41.8 Å². The lowest BCUT2D eigenvalue weighted by Crippen LogP contribution is -2.53. The first-order valence-corrected chi connectivity index (χ1v) is 15.6. The second kappa shape index (κ2) is 9.67. The van der Waals surface area contributed by atoms with Gasteiger partial charge >= 0.3 is 0 Å². The van der Waals surface area contributed by atoms with E-state index >= 15 is 0 Å². The van der Waals surface area contributed by atoms with E-state index in [4.69, 9.17) is 0 Å². The van der Waals surface area contributed by atoms with Crippen LogP contribution in [0, 0.1) is 23.7 Å². The Bertz CT molecular complexity index is 851. The zero-order valence-corrected chi connectivity index (χ0v) is 22.2. The summed E-state index contributed by atoms with van der Waals surface area (Å²) in [4.78, 5) is 6.06. The zero-order chi connectivity index (χ0) is 23.4. The summed E-state index contributed by atoms with van der Waals surface area (Å²) >= 11 is 0. The highest BCUT2D eigenvalue weighted by molar-refractivity contribution is 5.26. The average molecular weight is 476 g/mol. The molecule has 0 bridgehead atoms. The Morgan fingerprint density at radius 1 is 0.771 bits per heavy atom. The SMILES string of the molecule is CC1CCC(C2NC3CC(N4C5CC=CCC5C5CCCCC54)CCC3N2C2=CCCC=C2)CC1. The maximum Gasteiger partial charge on any atom is 0.0830 e. The number of nitrogens with one attached hydrogen (secondary N) is 1. The van der Waals surface area contributed by atoms with Gasteiger partial charge in [0, 0.05) is 35.9 Å². The van der Waals surface area contributed by atoms with Crippen LogP contribution in [0.4, 0.5) is 0 Å². The first-order chi connectivity index (χ1) is 17.3. The van der Waals surface area contributed by atoms with E-state index in [1.807, 2.05) is 0 Å². The van der Waals surface area contributed by atoms with Crippen LogP contribution in [-0.2, 0) is 0 Å². The van der Waals surface area contributed by atoms with Crippen molar-refractivity contribution in [2.75, 3.05) is 0 Å². The number of hydrogen-bond donors (Lipinski definition) is 1. The van der Waals surface area contributed by atoms with E-state index in [2.05, 4.69) is 52.4 Å². The summed E-state index contributed by atoms with van der Waals surface area (Å²) in [6.07, 6.45) is 34.0. The van der Waals surface area contributed by atoms with Gasteiger partial charge in [0.15, 0.2) is 0 Å². The molecule has 8 atom stereocenters. The Morgan fingerprint density at radius 3 is 2.49 bits per heavy atom. The molecule has 3 nitrogen and oxygen atoms in total. The molecule has 5 aliphatic carbocycles. The molecule has 0 aromatic carbocycles. The first kappa shape index (κ1) is 23.1. The van der Waals surface area contributed by atoms with Crippen LogP contribution < -0.4 is 5.32 Å². The van der Waals surface area contributed by atoms with E-state index < -0.39 is 0 Å². The molecule has 3 saturated carbocycles. The van der Waals surface area contributed by atoms with Crippen molar-refractivity contribution < 1.29 is 0 Å². The van der Waals surface area contributed by atoms with Gasteiger partial charge in [-0.2, -0.15) is 0 Å². The third kappa shape index (κ3) is 4.08. The number of fused-ring (bicyclic) bond motifs is 4. The van der Waals surface area contributed by atoms with Gasteiger partial charge in [0.25, 0.3) is 0 Å². The van der Waals surface area contributed by atoms with E-state index in [1.165, 1.54) is 96.3 Å². The summed E-state index contributed by atoms with van der Waals surface area (Å²) in [6.45, 7) is 2.47. The molecule has 1 N–H and O–H groups in total. The van der Waals surface area contributed by atoms with Gasteiger partial charge in [0.05, 0.1) is 6.17 Å². The monoisotopic (exact) mass is 475 g/mol. The number of rotatable bonds is 3. The molecular weight excluding hydrogens is 426 g/mol. The van der Waals surface area contributed by atoms with Crippen LogP contribution in [0.25, 0.3) is 0 Å². The van der Waals surface area contributed by atoms with E-state index in [1.54, 1.807) is 5.70 Å². The second-order valence-electron chi connectivity index (χ2n) is 13.4. The van der Waals surface area contributed by atoms with E-state index in [-0.39, 0.29) is 0 Å². The summed E-state index contributed by atoms with van der Waals surface area (Å²) in [7, 11) is 0. The molecule has 35 heavy (non-hydrogen) atoms. The van der Waals surface area contributed by atoms with Crippen molar-refractivity contribution in [1.29, 1.82) is 0 Å². The van der Waals surface area contributed by atoms with Crippen molar-refractivity contribution in [3.8, 4) is 0 Å². The van der Waals surface area contributed by atoms with Crippen molar-refractivity contribution in [1.82, 2.24) is 15.1 Å². The molecule has 5 fully saturated rings. The predicted octanol–water partition coefficient (Wildman–Crippen LogP) is 6.78. The minimum atomic E-state index is 0.566. The summed E-state index contributed by atoms with van der Waals surface area (Å²) in [6, 6.07) is 3.91. The molecule has 7 rings (SSSR count). The standard InChI is InChI=1S/C32H49N3/c1-22-15-17-23(18-16-22)32-33-28-21-25(19-20-31(28)35(32)24-9-3-2-4-10-24)34-29-13-7-5-11-26(29)27-12-6-8-14-30(27)34/h3,5,7,9-10,22-23,25-33H,2,4,6,8,11-21H2,1H3. The Morgan fingerprint density at radius 2 is 1.63 bits per heavy atom. The van der Waals surface area contributed by atoms with Gasteiger partial charge in [-0.1, -0.05) is 56.9 Å². The predicted molar refractivity (Wildman–Crippen MR) is 145 cm³/mol. The van der Waals surface area contributed by atoms with Crippen molar-refractivity contribution in [3.63, 3.8) is 0 Å². The minimum absolute atomic E-state index is 0.566. The molecule has 0 aromatic heterocycles. The van der Waals surface area contributed by atoms with Gasteiger partial charge < -0.3 is 4.90 Å². The smallest absolute Gasteiger partial charge is 0.0830 e. The van der Waals surface area contributed by atoms with Gasteiger partial charge in [-0.05, 0) is 100 Å². The number of nitrogens with zero attached hydrogens (tertiary/aromatic N) is 2. The molecule has 0 radical (unpaired) electrons. The van der Waals surface area contributed by atoms with Crippen LogP contribution in [0.1, 0.15) is 103 Å². The van der Waals surface area contributed by atoms with Crippen LogP contribution in [0.2, 0.25) is 0 Å². The summed E-state index contributed by atoms with van der Waals surface area (Å²) in [5.41, 5.74) is 1.55. The largest absolute Gasteiger partial charge is 0.351 e. The molecule has 0 amide bonds. The molecule has 2 heterocycles. The highest BCUT2D eigenvalue weighted by Crippen LogP contribution is 2.51. The summed E-state index contributed by atoms with van der Waals surface area (Å²) in [5, 5.41) is 4.33. The molecule has 0 spiro atoms. The maximum absolute atomic E-state index is 4.33. The van der Waals surface area contributed by atoms with E-state index in [0.29, 0.717) is 18.2 Å². The fraction of sp³-hybridized carbons (Fsp3) is 0.812. The molecular formula is C32H49N3. The Balaban J connectivity index is 1.13. The van der Waals surface area contributed by atoms with Gasteiger partial charge in [0.2, 0.25) is 0 Å². The fourth-order valence-electron chi connectivity index (χ4n) is 9.95. The average Bonchev–Trinajstić information content (AvgIpc) is 3.45. The number of allylic oxidation sites excluding steroid dienone is 4. The lowest BCUT2D eigenvalue weighted by atomic mass is 9.75. The third-order valence-corrected chi connectivity index (χ3v) is 11.6. The third-order valence-electron chi connectivity index (χ3n) is 11.6. The first-order valence-electron chi connectivity index (χ1n) is 15.6. The van der Waals surface area contributed by atoms with Gasteiger partial charge in [-0.25, -0.2) is 0 Å². The van der Waals surface area contributed by atoms with E-state index in [9.17, 15) is 0 Å². The van der Waals surface area contributed by atoms with Gasteiger partial charge in [0.1, 0.15) is 0 Å². The van der Waals surface area contributed by atoms with Crippen molar-refractivity contribution in [2.45, 2.75) is 140 Å². The van der Waals surface area contributed by atoms with Crippen LogP contribution in [0.15, 0.2) is 36.1 Å². The van der Waals surface area contributed by atoms with Crippen molar-refractivity contribution in [2.24, 2.45) is 23.7 Å². The molecule has 8 unspecified atom stereocenters. The number of hydrogen-bond acceptors (Lipinski definition) is 3. The molecule has 2 saturated heterocycles. The normalized spacial score (nSPS) is 47.8. The Hall–Kier alpha value is -1.06. The summed E-state index contributed by atoms with van der Waals surface area (Å²) in [5.74, 6) is 3.69. The van der Waals surface area contributed by atoms with Gasteiger partial charge in [-0.15, -0.1) is 0 Å². The zero-order valence-electron chi connectivity index (χ0n) is 22.2. The van der Waals surface area contributed by atoms with Crippen LogP contribution in [0.5, 0.6) is 0 Å². The summed E-state index contributed by atoms with van der Waals surface area (Å²) < 4.78 is 0. The molecule has 192 valence electrons. The fourth-order valence-corrected chi connectivity index (χ4v) is 9.95. The maximum atomic E-state index is 4.33. The Kier molecular flexibility index (Phi) is 6.38. The quantitative estimate of drug-likeness (QED) is 0.454. The van der Waals surface area contributed by atoms with Crippen LogP contribution >= 0.6 is 0 Å². The molecule has 7 aliphatic rings. The van der Waals surface area contributed by atoms with Crippen LogP contribution in [-0.4, -0.2) is 46.2 Å². The minimum Gasteiger partial charge on any atom is -0.351 e. The molecule has 3 heteroatoms. The van der Waals surface area contributed by atoms with Crippen molar-refractivity contribution in [3.05, 3.63) is 36.1 Å². The van der Waals surface area contributed by atoms with Crippen LogP contribution in [0.3, 0.4) is 0 Å². The highest BCUT2D eigenvalue weighted by atomic mass is 15.4. The topological polar surface area (TPSA) is 18.5 Å². The lowest BCUT2D eigenvalue weighted by molar-refractivity contribution is 0.0558.